The number of likely N-dealkylation sites (tertiary alicyclic amines) is 1. The first-order valence-electron chi connectivity index (χ1n) is 10.4. The molecule has 1 unspecified atom stereocenters. The Balaban J connectivity index is 1.79. The summed E-state index contributed by atoms with van der Waals surface area (Å²) in [5, 5.41) is 11.2. The van der Waals surface area contributed by atoms with Crippen molar-refractivity contribution in [1.82, 2.24) is 9.88 Å². The summed E-state index contributed by atoms with van der Waals surface area (Å²) in [4.78, 5) is 31.7. The van der Waals surface area contributed by atoms with Crippen molar-refractivity contribution in [2.45, 2.75) is 38.1 Å². The molecule has 2 aliphatic rings. The first-order valence-corrected chi connectivity index (χ1v) is 10.4. The molecule has 2 aromatic rings. The maximum absolute atomic E-state index is 13.0. The lowest BCUT2D eigenvalue weighted by molar-refractivity contribution is -0.140. The number of Topliss-reactive ketones (excluding diaryl/α,β-unsaturated/α-hetero) is 1. The summed E-state index contributed by atoms with van der Waals surface area (Å²) >= 11 is 0. The van der Waals surface area contributed by atoms with Crippen LogP contribution in [0.3, 0.4) is 0 Å². The summed E-state index contributed by atoms with van der Waals surface area (Å²) in [7, 11) is 1.60. The van der Waals surface area contributed by atoms with Gasteiger partial charge in [-0.1, -0.05) is 18.2 Å². The molecule has 1 amide bonds. The maximum atomic E-state index is 13.0. The van der Waals surface area contributed by atoms with Gasteiger partial charge in [-0.05, 0) is 61.4 Å². The van der Waals surface area contributed by atoms with Crippen molar-refractivity contribution in [3.8, 4) is 0 Å². The van der Waals surface area contributed by atoms with Crippen molar-refractivity contribution in [3.05, 3.63) is 70.6 Å². The van der Waals surface area contributed by atoms with Gasteiger partial charge in [0.15, 0.2) is 0 Å². The Morgan fingerprint density at radius 2 is 1.97 bits per heavy atom. The second-order valence-corrected chi connectivity index (χ2v) is 7.78. The fourth-order valence-corrected chi connectivity index (χ4v) is 4.37. The van der Waals surface area contributed by atoms with Gasteiger partial charge < -0.3 is 14.7 Å². The number of carbonyl (C=O) groups excluding carboxylic acids is 2. The Labute approximate surface area is 176 Å². The summed E-state index contributed by atoms with van der Waals surface area (Å²) in [6, 6.07) is 10.5. The molecule has 156 valence electrons. The van der Waals surface area contributed by atoms with Crippen LogP contribution in [0.5, 0.6) is 0 Å². The lowest BCUT2D eigenvalue weighted by Crippen LogP contribution is -2.31. The van der Waals surface area contributed by atoms with E-state index in [2.05, 4.69) is 4.98 Å². The zero-order valence-electron chi connectivity index (χ0n) is 17.1. The number of ether oxygens (including phenoxy) is 1. The van der Waals surface area contributed by atoms with Gasteiger partial charge in [0.1, 0.15) is 11.8 Å². The highest BCUT2D eigenvalue weighted by Gasteiger charge is 2.46. The molecule has 0 spiro atoms. The van der Waals surface area contributed by atoms with Crippen molar-refractivity contribution in [1.29, 1.82) is 0 Å². The fourth-order valence-electron chi connectivity index (χ4n) is 4.37. The van der Waals surface area contributed by atoms with Crippen molar-refractivity contribution in [3.63, 3.8) is 0 Å². The third kappa shape index (κ3) is 3.75. The largest absolute Gasteiger partial charge is 0.507 e. The quantitative estimate of drug-likeness (QED) is 0.344. The van der Waals surface area contributed by atoms with Crippen molar-refractivity contribution in [2.75, 3.05) is 20.3 Å². The minimum Gasteiger partial charge on any atom is -0.507 e. The van der Waals surface area contributed by atoms with Crippen LogP contribution in [0.2, 0.25) is 0 Å². The summed E-state index contributed by atoms with van der Waals surface area (Å²) in [6.07, 6.45) is 6.51. The SMILES string of the molecule is COCCCN1C(=O)C(=O)/C(=C(\O)c2ccc3c(c2)CCCC3)C1c1ccccn1. The first kappa shape index (κ1) is 20.3. The Morgan fingerprint density at radius 1 is 1.17 bits per heavy atom. The van der Waals surface area contributed by atoms with Gasteiger partial charge in [0.05, 0.1) is 11.3 Å². The van der Waals surface area contributed by atoms with Gasteiger partial charge in [-0.15, -0.1) is 0 Å². The Hall–Kier alpha value is -2.99. The molecular weight excluding hydrogens is 380 g/mol. The van der Waals surface area contributed by atoms with Crippen LogP contribution in [0, 0.1) is 0 Å². The van der Waals surface area contributed by atoms with Gasteiger partial charge in [-0.3, -0.25) is 14.6 Å². The molecule has 1 atom stereocenters. The molecule has 1 aliphatic heterocycles. The molecule has 0 radical (unpaired) electrons. The van der Waals surface area contributed by atoms with Crippen molar-refractivity contribution < 1.29 is 19.4 Å². The molecule has 6 heteroatoms. The number of carbonyl (C=O) groups is 2. The molecule has 1 saturated heterocycles. The smallest absolute Gasteiger partial charge is 0.295 e. The molecule has 1 aromatic carbocycles. The number of nitrogens with zero attached hydrogens (tertiary/aromatic N) is 2. The molecule has 1 N–H and O–H groups in total. The van der Waals surface area contributed by atoms with Crippen LogP contribution in [0.1, 0.15) is 47.7 Å². The molecule has 4 rings (SSSR count). The number of aliphatic hydroxyl groups excluding tert-OH is 1. The second kappa shape index (κ2) is 8.79. The summed E-state index contributed by atoms with van der Waals surface area (Å²) in [5.74, 6) is -1.41. The minimum atomic E-state index is -0.709. The number of hydrogen-bond donors (Lipinski definition) is 1. The molecule has 1 aromatic heterocycles. The Morgan fingerprint density at radius 3 is 2.70 bits per heavy atom. The number of ketones is 1. The van der Waals surface area contributed by atoms with Gasteiger partial charge in [-0.2, -0.15) is 0 Å². The number of fused-ring (bicyclic) bond motifs is 1. The average Bonchev–Trinajstić information content (AvgIpc) is 3.04. The van der Waals surface area contributed by atoms with E-state index < -0.39 is 17.7 Å². The number of aryl methyl sites for hydroxylation is 2. The van der Waals surface area contributed by atoms with E-state index in [1.165, 1.54) is 22.4 Å². The van der Waals surface area contributed by atoms with E-state index in [1.807, 2.05) is 24.3 Å². The third-order valence-electron chi connectivity index (χ3n) is 5.88. The van der Waals surface area contributed by atoms with Crippen LogP contribution >= 0.6 is 0 Å². The summed E-state index contributed by atoms with van der Waals surface area (Å²) in [6.45, 7) is 0.823. The standard InChI is InChI=1S/C24H26N2O4/c1-30-14-6-13-26-21(19-9-4-5-12-25-19)20(23(28)24(26)29)22(27)18-11-10-16-7-2-3-8-17(16)15-18/h4-5,9-12,15,21,27H,2-3,6-8,13-14H2,1H3/b22-20-. The normalized spacial score (nSPS) is 20.4. The average molecular weight is 406 g/mol. The van der Waals surface area contributed by atoms with Crippen molar-refractivity contribution >= 4 is 17.4 Å². The topological polar surface area (TPSA) is 79.7 Å². The van der Waals surface area contributed by atoms with Crippen LogP contribution in [-0.2, 0) is 27.2 Å². The number of rotatable bonds is 6. The van der Waals surface area contributed by atoms with Crippen LogP contribution in [0.25, 0.3) is 5.76 Å². The summed E-state index contributed by atoms with van der Waals surface area (Å²) in [5.41, 5.74) is 3.74. The van der Waals surface area contributed by atoms with Crippen LogP contribution in [0.4, 0.5) is 0 Å². The highest BCUT2D eigenvalue weighted by atomic mass is 16.5. The number of methoxy groups -OCH3 is 1. The van der Waals surface area contributed by atoms with Crippen LogP contribution in [-0.4, -0.2) is 46.9 Å². The highest BCUT2D eigenvalue weighted by molar-refractivity contribution is 6.46. The molecule has 0 saturated carbocycles. The van der Waals surface area contributed by atoms with Crippen molar-refractivity contribution in [2.24, 2.45) is 0 Å². The molecular formula is C24H26N2O4. The zero-order chi connectivity index (χ0) is 21.1. The van der Waals surface area contributed by atoms with Gasteiger partial charge in [0.25, 0.3) is 11.7 Å². The number of pyridine rings is 1. The highest BCUT2D eigenvalue weighted by Crippen LogP contribution is 2.39. The fraction of sp³-hybridized carbons (Fsp3) is 0.375. The first-order chi connectivity index (χ1) is 14.6. The lowest BCUT2D eigenvalue weighted by Gasteiger charge is -2.24. The lowest BCUT2D eigenvalue weighted by atomic mass is 9.89. The number of amides is 1. The molecule has 0 bridgehead atoms. The molecule has 6 nitrogen and oxygen atoms in total. The van der Waals surface area contributed by atoms with Crippen LogP contribution in [0.15, 0.2) is 48.2 Å². The maximum Gasteiger partial charge on any atom is 0.295 e. The van der Waals surface area contributed by atoms with Gasteiger partial charge in [0, 0.05) is 32.0 Å². The predicted octanol–water partition coefficient (Wildman–Crippen LogP) is 3.42. The zero-order valence-corrected chi connectivity index (χ0v) is 17.1. The number of aromatic nitrogens is 1. The number of aliphatic hydroxyl groups is 1. The van der Waals surface area contributed by atoms with Crippen LogP contribution < -0.4 is 0 Å². The number of benzene rings is 1. The molecule has 1 aliphatic carbocycles. The van der Waals surface area contributed by atoms with E-state index in [9.17, 15) is 14.7 Å². The third-order valence-corrected chi connectivity index (χ3v) is 5.88. The molecule has 30 heavy (non-hydrogen) atoms. The van der Waals surface area contributed by atoms with Gasteiger partial charge in [-0.25, -0.2) is 0 Å². The van der Waals surface area contributed by atoms with Gasteiger partial charge in [0.2, 0.25) is 0 Å². The van der Waals surface area contributed by atoms with E-state index in [0.29, 0.717) is 30.8 Å². The Bertz CT molecular complexity index is 984. The summed E-state index contributed by atoms with van der Waals surface area (Å²) < 4.78 is 5.10. The van der Waals surface area contributed by atoms with E-state index in [-0.39, 0.29) is 11.3 Å². The molecule has 1 fully saturated rings. The van der Waals surface area contributed by atoms with E-state index in [4.69, 9.17) is 4.74 Å². The van der Waals surface area contributed by atoms with Gasteiger partial charge >= 0.3 is 0 Å². The van der Waals surface area contributed by atoms with E-state index in [0.717, 1.165) is 19.3 Å². The molecule has 2 heterocycles. The number of hydrogen-bond acceptors (Lipinski definition) is 5. The van der Waals surface area contributed by atoms with E-state index >= 15 is 0 Å². The minimum absolute atomic E-state index is 0.104. The monoisotopic (exact) mass is 406 g/mol. The second-order valence-electron chi connectivity index (χ2n) is 7.78. The predicted molar refractivity (Wildman–Crippen MR) is 113 cm³/mol. The van der Waals surface area contributed by atoms with E-state index in [1.54, 1.807) is 25.4 Å². The Kier molecular flexibility index (Phi) is 5.95.